The van der Waals surface area contributed by atoms with Crippen molar-refractivity contribution in [3.63, 3.8) is 0 Å². The van der Waals surface area contributed by atoms with Gasteiger partial charge in [0.15, 0.2) is 5.65 Å². The van der Waals surface area contributed by atoms with Gasteiger partial charge >= 0.3 is 5.63 Å². The number of nitrogens with zero attached hydrogens (tertiary/aromatic N) is 4. The molecule has 0 spiro atoms. The van der Waals surface area contributed by atoms with E-state index in [2.05, 4.69) is 11.1 Å². The van der Waals surface area contributed by atoms with Crippen molar-refractivity contribution in [1.29, 1.82) is 10.5 Å². The average molecular weight is 498 g/mol. The van der Waals surface area contributed by atoms with Crippen molar-refractivity contribution in [2.45, 2.75) is 25.7 Å². The van der Waals surface area contributed by atoms with Gasteiger partial charge in [0, 0.05) is 10.3 Å². The Kier molecular flexibility index (Phi) is 4.81. The van der Waals surface area contributed by atoms with E-state index in [0.29, 0.717) is 25.9 Å². The molecule has 0 radical (unpaired) electrons. The van der Waals surface area contributed by atoms with Crippen LogP contribution in [0, 0.1) is 22.7 Å². The van der Waals surface area contributed by atoms with Crippen molar-refractivity contribution in [3.8, 4) is 27.7 Å². The fourth-order valence-electron chi connectivity index (χ4n) is 4.52. The molecule has 170 valence electrons. The summed E-state index contributed by atoms with van der Waals surface area (Å²) in [7, 11) is 0. The van der Waals surface area contributed by atoms with Crippen LogP contribution in [0.5, 0.6) is 0 Å². The van der Waals surface area contributed by atoms with E-state index >= 15 is 0 Å². The zero-order valence-electron chi connectivity index (χ0n) is 18.1. The maximum Gasteiger partial charge on any atom is 0.346 e. The van der Waals surface area contributed by atoms with Crippen LogP contribution in [0.4, 0.5) is 5.69 Å². The van der Waals surface area contributed by atoms with Crippen molar-refractivity contribution < 1.29 is 4.42 Å². The van der Waals surface area contributed by atoms with E-state index in [1.165, 1.54) is 15.9 Å². The molecule has 5 aromatic rings. The molecule has 0 saturated heterocycles. The summed E-state index contributed by atoms with van der Waals surface area (Å²) in [6.45, 7) is 0. The van der Waals surface area contributed by atoms with Crippen LogP contribution in [0.1, 0.15) is 34.4 Å². The Labute approximate surface area is 205 Å². The van der Waals surface area contributed by atoms with E-state index in [-0.39, 0.29) is 22.5 Å². The maximum absolute atomic E-state index is 13.4. The third-order valence-corrected chi connectivity index (χ3v) is 8.59. The van der Waals surface area contributed by atoms with E-state index < -0.39 is 11.2 Å². The topological polar surface area (TPSA) is 139 Å². The Morgan fingerprint density at radius 1 is 1.06 bits per heavy atom. The number of aryl methyl sites for hydroxylation is 1. The van der Waals surface area contributed by atoms with Crippen LogP contribution in [-0.2, 0) is 12.8 Å². The van der Waals surface area contributed by atoms with Gasteiger partial charge < -0.3 is 10.2 Å². The molecule has 1 aliphatic carbocycles. The van der Waals surface area contributed by atoms with E-state index in [1.807, 2.05) is 18.2 Å². The number of thiophene rings is 1. The van der Waals surface area contributed by atoms with Gasteiger partial charge in [-0.1, -0.05) is 18.2 Å². The molecular formula is C25H15N5O3S2. The van der Waals surface area contributed by atoms with Crippen molar-refractivity contribution in [3.05, 3.63) is 72.7 Å². The summed E-state index contributed by atoms with van der Waals surface area (Å²) in [4.78, 5) is 31.9. The number of rotatable bonds is 2. The predicted octanol–water partition coefficient (Wildman–Crippen LogP) is 4.49. The highest BCUT2D eigenvalue weighted by atomic mass is 32.1. The minimum Gasteiger partial charge on any atom is -0.422 e. The number of aromatic nitrogens is 2. The predicted molar refractivity (Wildman–Crippen MR) is 135 cm³/mol. The normalized spacial score (nSPS) is 13.0. The molecule has 6 rings (SSSR count). The summed E-state index contributed by atoms with van der Waals surface area (Å²) in [5.74, 6) is 0. The highest BCUT2D eigenvalue weighted by Gasteiger charge is 2.27. The summed E-state index contributed by atoms with van der Waals surface area (Å²) in [5.41, 5.74) is 7.12. The average Bonchev–Trinajstić information content (AvgIpc) is 3.46. The number of nitrogens with two attached hydrogens (primary N) is 1. The van der Waals surface area contributed by atoms with Crippen LogP contribution in [0.3, 0.4) is 0 Å². The molecule has 1 aromatic carbocycles. The first-order valence-corrected chi connectivity index (χ1v) is 12.5. The monoisotopic (exact) mass is 497 g/mol. The number of benzene rings is 1. The summed E-state index contributed by atoms with van der Waals surface area (Å²) >= 11 is 2.49. The second-order valence-electron chi connectivity index (χ2n) is 8.20. The number of hydrogen-bond acceptors (Lipinski definition) is 9. The number of anilines is 1. The minimum atomic E-state index is -0.630. The smallest absolute Gasteiger partial charge is 0.346 e. The Bertz CT molecular complexity index is 1900. The van der Waals surface area contributed by atoms with Crippen LogP contribution < -0.4 is 16.9 Å². The molecule has 0 unspecified atom stereocenters. The number of nitrogen functional groups attached to an aromatic ring is 1. The molecule has 35 heavy (non-hydrogen) atoms. The first-order chi connectivity index (χ1) is 17.0. The van der Waals surface area contributed by atoms with Crippen LogP contribution >= 0.6 is 22.7 Å². The number of thiazole rings is 1. The molecule has 4 aromatic heterocycles. The van der Waals surface area contributed by atoms with E-state index in [4.69, 9.17) is 10.2 Å². The first-order valence-electron chi connectivity index (χ1n) is 10.8. The van der Waals surface area contributed by atoms with Crippen molar-refractivity contribution in [2.24, 2.45) is 0 Å². The van der Waals surface area contributed by atoms with Gasteiger partial charge in [0.1, 0.15) is 33.3 Å². The van der Waals surface area contributed by atoms with Gasteiger partial charge in [-0.2, -0.15) is 10.5 Å². The van der Waals surface area contributed by atoms with Gasteiger partial charge in [-0.3, -0.25) is 4.79 Å². The third-order valence-electron chi connectivity index (χ3n) is 6.20. The van der Waals surface area contributed by atoms with E-state index in [9.17, 15) is 20.1 Å². The Morgan fingerprint density at radius 2 is 1.83 bits per heavy atom. The van der Waals surface area contributed by atoms with Gasteiger partial charge in [0.05, 0.1) is 21.5 Å². The molecule has 1 aliphatic rings. The lowest BCUT2D eigenvalue weighted by molar-refractivity contribution is 0.563. The molecule has 0 fully saturated rings. The Balaban J connectivity index is 1.69. The molecule has 0 atom stereocenters. The van der Waals surface area contributed by atoms with Crippen molar-refractivity contribution >= 4 is 49.7 Å². The molecular weight excluding hydrogens is 482 g/mol. The Hall–Kier alpha value is -4.25. The fraction of sp³-hybridized carbons (Fsp3) is 0.160. The van der Waals surface area contributed by atoms with Crippen LogP contribution in [0.2, 0.25) is 0 Å². The molecule has 0 bridgehead atoms. The second-order valence-corrected chi connectivity index (χ2v) is 10.3. The van der Waals surface area contributed by atoms with Crippen LogP contribution in [-0.4, -0.2) is 9.55 Å². The fourth-order valence-corrected chi connectivity index (χ4v) is 6.88. The first kappa shape index (κ1) is 21.3. The molecule has 2 N–H and O–H groups in total. The van der Waals surface area contributed by atoms with Crippen LogP contribution in [0.15, 0.2) is 44.3 Å². The van der Waals surface area contributed by atoms with Gasteiger partial charge in [-0.25, -0.2) is 14.3 Å². The lowest BCUT2D eigenvalue weighted by Gasteiger charge is -2.10. The molecule has 8 nitrogen and oxygen atoms in total. The van der Waals surface area contributed by atoms with Gasteiger partial charge in [0.25, 0.3) is 5.56 Å². The number of para-hydroxylation sites is 1. The number of nitriles is 2. The molecule has 0 amide bonds. The minimum absolute atomic E-state index is 0.0116. The van der Waals surface area contributed by atoms with Gasteiger partial charge in [-0.15, -0.1) is 22.7 Å². The Morgan fingerprint density at radius 3 is 2.63 bits per heavy atom. The number of fused-ring (bicyclic) bond motifs is 3. The van der Waals surface area contributed by atoms with Crippen molar-refractivity contribution in [1.82, 2.24) is 9.55 Å². The summed E-state index contributed by atoms with van der Waals surface area (Å²) in [6, 6.07) is 13.0. The highest BCUT2D eigenvalue weighted by Crippen LogP contribution is 2.40. The lowest BCUT2D eigenvalue weighted by atomic mass is 9.96. The molecule has 4 heterocycles. The van der Waals surface area contributed by atoms with Crippen molar-refractivity contribution in [2.75, 3.05) is 5.73 Å². The molecule has 0 saturated carbocycles. The summed E-state index contributed by atoms with van der Waals surface area (Å²) < 4.78 is 7.18. The highest BCUT2D eigenvalue weighted by molar-refractivity contribution is 7.22. The third kappa shape index (κ3) is 3.12. The SMILES string of the molecule is N#Cc1c(-n2c(=O)c(C#N)c(N)c3sc(-c4cc5ccccc5oc4=O)nc32)sc2c1CCCC2. The second kappa shape index (κ2) is 7.91. The quantitative estimate of drug-likeness (QED) is 0.355. The maximum atomic E-state index is 13.4. The largest absolute Gasteiger partial charge is 0.422 e. The van der Waals surface area contributed by atoms with Gasteiger partial charge in [-0.05, 0) is 43.4 Å². The lowest BCUT2D eigenvalue weighted by Crippen LogP contribution is -2.23. The zero-order valence-corrected chi connectivity index (χ0v) is 19.8. The van der Waals surface area contributed by atoms with E-state index in [1.54, 1.807) is 18.2 Å². The summed E-state index contributed by atoms with van der Waals surface area (Å²) in [6.07, 6.45) is 3.61. The number of hydrogen-bond donors (Lipinski definition) is 1. The van der Waals surface area contributed by atoms with E-state index in [0.717, 1.165) is 52.8 Å². The molecule has 0 aliphatic heterocycles. The summed E-state index contributed by atoms with van der Waals surface area (Å²) in [5, 5.41) is 21.2. The van der Waals surface area contributed by atoms with Gasteiger partial charge in [0.2, 0.25) is 0 Å². The standard InChI is InChI=1S/C25H15N5O3S2/c26-10-15-13-6-2-4-8-18(13)34-24(15)30-21-20(19(28)16(11-27)23(30)31)35-22(29-21)14-9-12-5-1-3-7-17(12)33-25(14)32/h1,3,5,7,9H,2,4,6,8,28H2. The zero-order chi connectivity index (χ0) is 24.3. The number of pyridine rings is 1. The molecule has 10 heteroatoms. The van der Waals surface area contributed by atoms with Crippen LogP contribution in [0.25, 0.3) is 36.9 Å².